The van der Waals surface area contributed by atoms with Crippen molar-refractivity contribution in [3.63, 3.8) is 0 Å². The zero-order valence-electron chi connectivity index (χ0n) is 20.2. The molecule has 2 aliphatic rings. The largest absolute Gasteiger partial charge is 0.481 e. The molecule has 0 bridgehead atoms. The number of carbonyl (C=O) groups excluding carboxylic acids is 2. The Balaban J connectivity index is 1.46. The molecule has 1 aliphatic heterocycles. The van der Waals surface area contributed by atoms with E-state index in [1.165, 1.54) is 7.11 Å². The van der Waals surface area contributed by atoms with E-state index < -0.39 is 23.6 Å². The highest BCUT2D eigenvalue weighted by Gasteiger charge is 2.42. The lowest BCUT2D eigenvalue weighted by Gasteiger charge is -2.40. The van der Waals surface area contributed by atoms with Gasteiger partial charge < -0.3 is 24.8 Å². The van der Waals surface area contributed by atoms with Gasteiger partial charge in [0.2, 0.25) is 0 Å². The van der Waals surface area contributed by atoms with Gasteiger partial charge in [-0.2, -0.15) is 0 Å². The molecule has 186 valence electrons. The summed E-state index contributed by atoms with van der Waals surface area (Å²) in [6.07, 6.45) is 1.43. The van der Waals surface area contributed by atoms with Crippen LogP contribution >= 0.6 is 0 Å². The molecular weight excluding hydrogens is 448 g/mol. The van der Waals surface area contributed by atoms with E-state index >= 15 is 0 Å². The number of piperidine rings is 1. The van der Waals surface area contributed by atoms with Gasteiger partial charge in [0.15, 0.2) is 0 Å². The van der Waals surface area contributed by atoms with Crippen molar-refractivity contribution in [1.29, 1.82) is 0 Å². The van der Waals surface area contributed by atoms with Crippen molar-refractivity contribution in [3.8, 4) is 11.1 Å². The summed E-state index contributed by atoms with van der Waals surface area (Å²) in [6, 6.07) is 15.7. The van der Waals surface area contributed by atoms with Crippen molar-refractivity contribution in [2.75, 3.05) is 26.9 Å². The van der Waals surface area contributed by atoms with Gasteiger partial charge in [0, 0.05) is 25.6 Å². The average Bonchev–Trinajstić information content (AvgIpc) is 3.16. The van der Waals surface area contributed by atoms with Crippen molar-refractivity contribution in [1.82, 2.24) is 10.2 Å². The van der Waals surface area contributed by atoms with Crippen molar-refractivity contribution in [2.45, 2.75) is 50.1 Å². The second-order valence-electron chi connectivity index (χ2n) is 9.46. The predicted octanol–water partition coefficient (Wildman–Crippen LogP) is 3.79. The lowest BCUT2D eigenvalue weighted by atomic mass is 9.94. The van der Waals surface area contributed by atoms with Gasteiger partial charge in [-0.05, 0) is 48.4 Å². The summed E-state index contributed by atoms with van der Waals surface area (Å²) in [6.45, 7) is 2.10. The Bertz CT molecular complexity index is 1060. The number of nitrogens with one attached hydrogen (secondary N) is 1. The Morgan fingerprint density at radius 2 is 1.69 bits per heavy atom. The highest BCUT2D eigenvalue weighted by Crippen LogP contribution is 2.44. The minimum Gasteiger partial charge on any atom is -0.481 e. The fraction of sp³-hybridized carbons (Fsp3) is 0.444. The molecule has 4 rings (SSSR count). The molecular formula is C27H32N2O6. The minimum absolute atomic E-state index is 0.0632. The van der Waals surface area contributed by atoms with Crippen LogP contribution in [-0.4, -0.2) is 66.4 Å². The fourth-order valence-corrected chi connectivity index (χ4v) is 5.30. The molecule has 8 heteroatoms. The van der Waals surface area contributed by atoms with Gasteiger partial charge in [-0.25, -0.2) is 4.79 Å². The van der Waals surface area contributed by atoms with E-state index in [2.05, 4.69) is 17.4 Å². The van der Waals surface area contributed by atoms with Gasteiger partial charge in [0.1, 0.15) is 12.1 Å². The third-order valence-corrected chi connectivity index (χ3v) is 6.92. The summed E-state index contributed by atoms with van der Waals surface area (Å²) in [5.74, 6) is -1.41. The Morgan fingerprint density at radius 3 is 2.29 bits per heavy atom. The number of carboxylic acids is 1. The molecule has 2 amide bonds. The van der Waals surface area contributed by atoms with Crippen molar-refractivity contribution < 1.29 is 29.0 Å². The predicted molar refractivity (Wildman–Crippen MR) is 130 cm³/mol. The van der Waals surface area contributed by atoms with Crippen LogP contribution in [0.25, 0.3) is 11.1 Å². The van der Waals surface area contributed by atoms with Crippen molar-refractivity contribution in [2.24, 2.45) is 0 Å². The van der Waals surface area contributed by atoms with Crippen LogP contribution < -0.4 is 5.32 Å². The molecule has 35 heavy (non-hydrogen) atoms. The zero-order valence-corrected chi connectivity index (χ0v) is 20.2. The summed E-state index contributed by atoms with van der Waals surface area (Å²) >= 11 is 0. The first-order valence-electron chi connectivity index (χ1n) is 12.0. The zero-order chi connectivity index (χ0) is 25.0. The van der Waals surface area contributed by atoms with E-state index in [9.17, 15) is 19.5 Å². The number of methoxy groups -OCH3 is 1. The van der Waals surface area contributed by atoms with Crippen LogP contribution in [-0.2, 0) is 19.1 Å². The lowest BCUT2D eigenvalue weighted by Crippen LogP contribution is -2.63. The maximum atomic E-state index is 13.5. The molecule has 0 saturated carbocycles. The van der Waals surface area contributed by atoms with Crippen LogP contribution in [0.1, 0.15) is 49.7 Å². The second kappa shape index (κ2) is 10.5. The van der Waals surface area contributed by atoms with E-state index in [1.807, 2.05) is 36.4 Å². The summed E-state index contributed by atoms with van der Waals surface area (Å²) < 4.78 is 10.9. The summed E-state index contributed by atoms with van der Waals surface area (Å²) in [4.78, 5) is 39.3. The first kappa shape index (κ1) is 24.7. The van der Waals surface area contributed by atoms with E-state index in [1.54, 1.807) is 11.8 Å². The van der Waals surface area contributed by atoms with E-state index in [0.717, 1.165) is 35.1 Å². The molecule has 2 aromatic rings. The summed E-state index contributed by atoms with van der Waals surface area (Å²) in [5, 5.41) is 12.0. The monoisotopic (exact) mass is 480 g/mol. The first-order valence-corrected chi connectivity index (χ1v) is 12.0. The number of alkyl carbamates (subject to hydrolysis) is 1. The maximum absolute atomic E-state index is 13.5. The van der Waals surface area contributed by atoms with Gasteiger partial charge in [0.25, 0.3) is 5.91 Å². The van der Waals surface area contributed by atoms with E-state index in [4.69, 9.17) is 9.47 Å². The molecule has 2 N–H and O–H groups in total. The van der Waals surface area contributed by atoms with Gasteiger partial charge in [-0.1, -0.05) is 48.5 Å². The summed E-state index contributed by atoms with van der Waals surface area (Å²) in [7, 11) is 1.45. The average molecular weight is 481 g/mol. The number of rotatable bonds is 8. The molecule has 1 fully saturated rings. The topological polar surface area (TPSA) is 105 Å². The van der Waals surface area contributed by atoms with Crippen molar-refractivity contribution in [3.05, 3.63) is 59.7 Å². The Hall–Kier alpha value is -3.39. The van der Waals surface area contributed by atoms with Crippen LogP contribution in [0.15, 0.2) is 48.5 Å². The van der Waals surface area contributed by atoms with Crippen LogP contribution in [0, 0.1) is 0 Å². The van der Waals surface area contributed by atoms with Gasteiger partial charge in [-0.15, -0.1) is 0 Å². The minimum atomic E-state index is -1.38. The smallest absolute Gasteiger partial charge is 0.408 e. The number of fused-ring (bicyclic) bond motifs is 3. The van der Waals surface area contributed by atoms with Crippen LogP contribution in [0.4, 0.5) is 4.79 Å². The lowest BCUT2D eigenvalue weighted by molar-refractivity contribution is -0.146. The van der Waals surface area contributed by atoms with Gasteiger partial charge in [0.05, 0.1) is 13.0 Å². The molecule has 8 nitrogen and oxygen atoms in total. The highest BCUT2D eigenvalue weighted by molar-refractivity contribution is 5.90. The quantitative estimate of drug-likeness (QED) is 0.596. The third-order valence-electron chi connectivity index (χ3n) is 6.92. The highest BCUT2D eigenvalue weighted by atomic mass is 16.5. The number of hydrogen-bond acceptors (Lipinski definition) is 5. The molecule has 2 atom stereocenters. The molecule has 1 heterocycles. The number of amides is 2. The second-order valence-corrected chi connectivity index (χ2v) is 9.46. The molecule has 2 aromatic carbocycles. The molecule has 1 unspecified atom stereocenters. The van der Waals surface area contributed by atoms with Crippen LogP contribution in [0.5, 0.6) is 0 Å². The Labute approximate surface area is 205 Å². The number of hydrogen-bond donors (Lipinski definition) is 2. The number of ether oxygens (including phenoxy) is 2. The van der Waals surface area contributed by atoms with E-state index in [0.29, 0.717) is 13.0 Å². The molecule has 0 aromatic heterocycles. The number of benzene rings is 2. The van der Waals surface area contributed by atoms with Crippen LogP contribution in [0.2, 0.25) is 0 Å². The third kappa shape index (κ3) is 5.17. The SMILES string of the molecule is COCC(C)(NC(=O)OCC1c2ccccc2-c2ccccc21)C(=O)N1CCCC[C@@H]1CC(=O)O. The number of carbonyl (C=O) groups is 3. The Kier molecular flexibility index (Phi) is 7.40. The summed E-state index contributed by atoms with van der Waals surface area (Å²) in [5.41, 5.74) is 3.08. The fourth-order valence-electron chi connectivity index (χ4n) is 5.30. The van der Waals surface area contributed by atoms with Gasteiger partial charge >= 0.3 is 12.1 Å². The number of aliphatic carboxylic acids is 1. The molecule has 1 saturated heterocycles. The first-order chi connectivity index (χ1) is 16.8. The molecule has 0 radical (unpaired) electrons. The number of likely N-dealkylation sites (tertiary alicyclic amines) is 1. The van der Waals surface area contributed by atoms with E-state index in [-0.39, 0.29) is 31.5 Å². The standard InChI is InChI=1S/C27H32N2O6/c1-27(17-34-2,25(32)29-14-8-7-9-18(29)15-24(30)31)28-26(33)35-16-23-21-12-5-3-10-19(21)20-11-4-6-13-22(20)23/h3-6,10-13,18,23H,7-9,14-17H2,1-2H3,(H,28,33)(H,30,31)/t18-,27?/m1/s1. The number of carboxylic acid groups (broad SMARTS) is 1. The normalized spacial score (nSPS) is 18.8. The molecule has 0 spiro atoms. The van der Waals surface area contributed by atoms with Crippen LogP contribution in [0.3, 0.4) is 0 Å². The van der Waals surface area contributed by atoms with Crippen molar-refractivity contribution >= 4 is 18.0 Å². The molecule has 1 aliphatic carbocycles. The maximum Gasteiger partial charge on any atom is 0.408 e. The number of nitrogens with zero attached hydrogens (tertiary/aromatic N) is 1. The van der Waals surface area contributed by atoms with Gasteiger partial charge in [-0.3, -0.25) is 9.59 Å². The Morgan fingerprint density at radius 1 is 1.06 bits per heavy atom.